The van der Waals surface area contributed by atoms with E-state index in [4.69, 9.17) is 26.7 Å². The molecule has 7 nitrogen and oxygen atoms in total. The zero-order valence-corrected chi connectivity index (χ0v) is 16.3. The molecule has 6 N–H and O–H groups in total. The van der Waals surface area contributed by atoms with Crippen LogP contribution in [0.4, 0.5) is 17.1 Å². The van der Waals surface area contributed by atoms with Gasteiger partial charge in [-0.15, -0.1) is 0 Å². The summed E-state index contributed by atoms with van der Waals surface area (Å²) in [4.78, 5) is 25.4. The number of hydrogen-bond acceptors (Lipinski definition) is 7. The van der Waals surface area contributed by atoms with Gasteiger partial charge in [-0.25, -0.2) is 9.59 Å². The van der Waals surface area contributed by atoms with Gasteiger partial charge in [0.1, 0.15) is 13.2 Å². The van der Waals surface area contributed by atoms with Crippen molar-refractivity contribution in [1.29, 1.82) is 0 Å². The largest absolute Gasteiger partial charge is 0.457 e. The minimum Gasteiger partial charge on any atom is -0.457 e. The summed E-state index contributed by atoms with van der Waals surface area (Å²) in [7, 11) is 0. The first kappa shape index (κ1) is 20.7. The van der Waals surface area contributed by atoms with E-state index < -0.39 is 11.9 Å². The second kappa shape index (κ2) is 9.00. The first-order valence-electron chi connectivity index (χ1n) is 9.12. The van der Waals surface area contributed by atoms with E-state index in [1.807, 2.05) is 0 Å². The van der Waals surface area contributed by atoms with Gasteiger partial charge in [0.25, 0.3) is 0 Å². The summed E-state index contributed by atoms with van der Waals surface area (Å²) in [5.74, 6) is -1.46. The highest BCUT2D eigenvalue weighted by atomic mass is 16.5. The van der Waals surface area contributed by atoms with E-state index in [2.05, 4.69) is 6.92 Å². The minimum absolute atomic E-state index is 0.000150. The maximum Gasteiger partial charge on any atom is 0.341 e. The maximum atomic E-state index is 12.7. The van der Waals surface area contributed by atoms with Crippen LogP contribution in [0, 0.1) is 6.92 Å². The molecule has 1 radical (unpaired) electrons. The number of nitrogen functional groups attached to an aromatic ring is 3. The molecule has 0 aliphatic carbocycles. The zero-order valence-electron chi connectivity index (χ0n) is 16.3. The molecule has 0 amide bonds. The van der Waals surface area contributed by atoms with Crippen LogP contribution in [0.25, 0.3) is 0 Å². The topological polar surface area (TPSA) is 131 Å². The van der Waals surface area contributed by atoms with Gasteiger partial charge in [-0.3, -0.25) is 0 Å². The average Bonchev–Trinajstić information content (AvgIpc) is 2.74. The molecule has 0 spiro atoms. The van der Waals surface area contributed by atoms with Crippen molar-refractivity contribution >= 4 is 29.0 Å². The summed E-state index contributed by atoms with van der Waals surface area (Å²) < 4.78 is 10.7. The van der Waals surface area contributed by atoms with Crippen molar-refractivity contribution < 1.29 is 19.1 Å². The number of nitrogens with two attached hydrogens (primary N) is 3. The highest BCUT2D eigenvalue weighted by Gasteiger charge is 2.25. The molecular formula is C23H22N3O4. The van der Waals surface area contributed by atoms with Gasteiger partial charge < -0.3 is 26.7 Å². The second-order valence-corrected chi connectivity index (χ2v) is 6.70. The summed E-state index contributed by atoms with van der Waals surface area (Å²) in [6.07, 6.45) is 0. The highest BCUT2D eigenvalue weighted by Crippen LogP contribution is 2.24. The van der Waals surface area contributed by atoms with Crippen molar-refractivity contribution in [3.63, 3.8) is 0 Å². The van der Waals surface area contributed by atoms with Gasteiger partial charge in [0.05, 0.1) is 11.1 Å². The third-order valence-electron chi connectivity index (χ3n) is 4.43. The highest BCUT2D eigenvalue weighted by molar-refractivity contribution is 6.07. The number of benzene rings is 3. The van der Waals surface area contributed by atoms with Gasteiger partial charge in [0.15, 0.2) is 0 Å². The molecule has 3 rings (SSSR count). The van der Waals surface area contributed by atoms with E-state index in [-0.39, 0.29) is 30.0 Å². The van der Waals surface area contributed by atoms with Crippen molar-refractivity contribution in [3.05, 3.63) is 95.4 Å². The van der Waals surface area contributed by atoms with Crippen molar-refractivity contribution in [3.8, 4) is 0 Å². The van der Waals surface area contributed by atoms with Gasteiger partial charge in [-0.2, -0.15) is 0 Å². The fraction of sp³-hybridized carbons (Fsp3) is 0.0870. The van der Waals surface area contributed by atoms with Crippen molar-refractivity contribution in [1.82, 2.24) is 0 Å². The summed E-state index contributed by atoms with van der Waals surface area (Å²) in [6.45, 7) is 3.83. The van der Waals surface area contributed by atoms with E-state index in [0.717, 1.165) is 11.1 Å². The summed E-state index contributed by atoms with van der Waals surface area (Å²) >= 11 is 0. The van der Waals surface area contributed by atoms with Crippen LogP contribution in [0.15, 0.2) is 60.7 Å². The Morgan fingerprint density at radius 1 is 0.667 bits per heavy atom. The van der Waals surface area contributed by atoms with Crippen LogP contribution >= 0.6 is 0 Å². The van der Waals surface area contributed by atoms with Crippen molar-refractivity contribution in [2.45, 2.75) is 13.2 Å². The van der Waals surface area contributed by atoms with Crippen LogP contribution in [0.2, 0.25) is 0 Å². The molecule has 0 saturated carbocycles. The van der Waals surface area contributed by atoms with Crippen LogP contribution in [0.3, 0.4) is 0 Å². The molecule has 0 aliphatic heterocycles. The molecular weight excluding hydrogens is 382 g/mol. The standard InChI is InChI=1S/C23H22N3O4/c1-14-2-11-19(26)21(23(28)30-13-16-5-9-18(25)10-6-16)20(14)22(27)29-12-15-3-7-17(24)8-4-15/h2-11H,1,12-13,24-26H2. The Hall–Kier alpha value is -4.00. The Morgan fingerprint density at radius 2 is 1.10 bits per heavy atom. The van der Waals surface area contributed by atoms with Crippen LogP contribution < -0.4 is 17.2 Å². The van der Waals surface area contributed by atoms with E-state index in [0.29, 0.717) is 16.9 Å². The van der Waals surface area contributed by atoms with E-state index in [1.165, 1.54) is 6.07 Å². The van der Waals surface area contributed by atoms with Crippen molar-refractivity contribution in [2.75, 3.05) is 17.2 Å². The minimum atomic E-state index is -0.741. The molecule has 0 fully saturated rings. The average molecular weight is 404 g/mol. The fourth-order valence-electron chi connectivity index (χ4n) is 2.78. The Balaban J connectivity index is 1.77. The number of esters is 2. The molecule has 0 unspecified atom stereocenters. The molecule has 0 aromatic heterocycles. The predicted molar refractivity (Wildman–Crippen MR) is 115 cm³/mol. The molecule has 0 bridgehead atoms. The smallest absolute Gasteiger partial charge is 0.341 e. The molecule has 7 heteroatoms. The lowest BCUT2D eigenvalue weighted by Crippen LogP contribution is -2.18. The number of carbonyl (C=O) groups excluding carboxylic acids is 2. The molecule has 3 aromatic rings. The molecule has 0 aliphatic rings. The number of anilines is 3. The van der Waals surface area contributed by atoms with Gasteiger partial charge >= 0.3 is 11.9 Å². The predicted octanol–water partition coefficient (Wildman–Crippen LogP) is 3.33. The summed E-state index contributed by atoms with van der Waals surface area (Å²) in [5, 5.41) is 0. The Kier molecular flexibility index (Phi) is 6.22. The Morgan fingerprint density at radius 3 is 1.57 bits per heavy atom. The van der Waals surface area contributed by atoms with Gasteiger partial charge in [-0.05, 0) is 53.9 Å². The second-order valence-electron chi connectivity index (χ2n) is 6.70. The molecule has 153 valence electrons. The quantitative estimate of drug-likeness (QED) is 0.424. The molecule has 0 saturated heterocycles. The fourth-order valence-corrected chi connectivity index (χ4v) is 2.78. The lowest BCUT2D eigenvalue weighted by atomic mass is 10.00. The van der Waals surface area contributed by atoms with Gasteiger partial charge in [-0.1, -0.05) is 30.3 Å². The van der Waals surface area contributed by atoms with Gasteiger partial charge in [0.2, 0.25) is 0 Å². The Bertz CT molecular complexity index is 975. The normalized spacial score (nSPS) is 10.4. The molecule has 0 heterocycles. The number of hydrogen-bond donors (Lipinski definition) is 3. The molecule has 0 atom stereocenters. The van der Waals surface area contributed by atoms with Crippen molar-refractivity contribution in [2.24, 2.45) is 0 Å². The number of ether oxygens (including phenoxy) is 2. The van der Waals surface area contributed by atoms with Gasteiger partial charge in [0, 0.05) is 17.1 Å². The third kappa shape index (κ3) is 4.88. The first-order chi connectivity index (χ1) is 14.3. The summed E-state index contributed by atoms with van der Waals surface area (Å²) in [5.41, 5.74) is 20.3. The summed E-state index contributed by atoms with van der Waals surface area (Å²) in [6, 6.07) is 16.8. The van der Waals surface area contributed by atoms with Crippen LogP contribution in [-0.2, 0) is 22.7 Å². The zero-order chi connectivity index (χ0) is 21.7. The Labute approximate surface area is 174 Å². The lowest BCUT2D eigenvalue weighted by molar-refractivity contribution is 0.0426. The maximum absolute atomic E-state index is 12.7. The third-order valence-corrected chi connectivity index (χ3v) is 4.43. The number of rotatable bonds is 6. The number of carbonyl (C=O) groups is 2. The SMILES string of the molecule is [CH2]c1ccc(N)c(C(=O)OCc2ccc(N)cc2)c1C(=O)OCc1ccc(N)cc1. The van der Waals surface area contributed by atoms with Crippen LogP contribution in [0.1, 0.15) is 37.4 Å². The van der Waals surface area contributed by atoms with Crippen LogP contribution in [-0.4, -0.2) is 11.9 Å². The molecule has 3 aromatic carbocycles. The van der Waals surface area contributed by atoms with Crippen LogP contribution in [0.5, 0.6) is 0 Å². The van der Waals surface area contributed by atoms with E-state index >= 15 is 0 Å². The molecule has 30 heavy (non-hydrogen) atoms. The monoisotopic (exact) mass is 404 g/mol. The van der Waals surface area contributed by atoms with E-state index in [1.54, 1.807) is 54.6 Å². The lowest BCUT2D eigenvalue weighted by Gasteiger charge is -2.14. The van der Waals surface area contributed by atoms with E-state index in [9.17, 15) is 9.59 Å². The first-order valence-corrected chi connectivity index (χ1v) is 9.12.